The third kappa shape index (κ3) is 4.35. The maximum atomic E-state index is 13.0. The van der Waals surface area contributed by atoms with E-state index in [2.05, 4.69) is 20.3 Å². The van der Waals surface area contributed by atoms with E-state index in [1.54, 1.807) is 25.1 Å². The van der Waals surface area contributed by atoms with Crippen molar-refractivity contribution >= 4 is 40.2 Å². The lowest BCUT2D eigenvalue weighted by molar-refractivity contribution is -0.139. The zero-order valence-electron chi connectivity index (χ0n) is 15.4. The molecule has 0 aliphatic carbocycles. The lowest BCUT2D eigenvalue weighted by atomic mass is 10.2. The number of methoxy groups -OCH3 is 1. The van der Waals surface area contributed by atoms with Gasteiger partial charge in [0, 0.05) is 16.5 Å². The fraction of sp³-hybridized carbons (Fsp3) is 0.167. The molecule has 0 radical (unpaired) electrons. The molecule has 0 saturated heterocycles. The summed E-state index contributed by atoms with van der Waals surface area (Å²) in [5, 5.41) is 9.15. The highest BCUT2D eigenvalue weighted by atomic mass is 32.2. The summed E-state index contributed by atoms with van der Waals surface area (Å²) in [4.78, 5) is 13.3. The number of anilines is 2. The molecule has 5 N–H and O–H groups in total. The smallest absolute Gasteiger partial charge is 0.421 e. The van der Waals surface area contributed by atoms with Crippen molar-refractivity contribution < 1.29 is 17.9 Å². The van der Waals surface area contributed by atoms with Crippen molar-refractivity contribution in [3.63, 3.8) is 0 Å². The number of aromatic nitrogens is 3. The largest absolute Gasteiger partial charge is 0.481 e. The van der Waals surface area contributed by atoms with Gasteiger partial charge in [-0.25, -0.2) is 9.97 Å². The Morgan fingerprint density at radius 3 is 2.55 bits per heavy atom. The van der Waals surface area contributed by atoms with Crippen LogP contribution in [-0.4, -0.2) is 22.1 Å². The van der Waals surface area contributed by atoms with Crippen molar-refractivity contribution in [1.82, 2.24) is 15.0 Å². The van der Waals surface area contributed by atoms with Crippen LogP contribution in [0.5, 0.6) is 5.88 Å². The quantitative estimate of drug-likeness (QED) is 0.528. The van der Waals surface area contributed by atoms with Crippen LogP contribution in [0.1, 0.15) is 18.2 Å². The number of fused-ring (bicyclic) bond motifs is 1. The van der Waals surface area contributed by atoms with Gasteiger partial charge in [0.2, 0.25) is 5.88 Å². The van der Waals surface area contributed by atoms with E-state index in [9.17, 15) is 13.2 Å². The molecule has 3 aromatic rings. The molecule has 11 heteroatoms. The number of hydrogen-bond acceptors (Lipinski definition) is 8. The van der Waals surface area contributed by atoms with Gasteiger partial charge in [0.05, 0.1) is 24.2 Å². The summed E-state index contributed by atoms with van der Waals surface area (Å²) in [5.41, 5.74) is 7.02. The average molecular weight is 422 g/mol. The van der Waals surface area contributed by atoms with E-state index in [1.807, 2.05) is 0 Å². The molecule has 0 saturated carbocycles. The molecule has 152 valence electrons. The number of nitrogens with zero attached hydrogens (tertiary/aromatic N) is 3. The number of nitrogens with one attached hydrogen (secondary N) is 1. The minimum Gasteiger partial charge on any atom is -0.481 e. The zero-order chi connectivity index (χ0) is 21.2. The standard InChI is InChI=1S/C18H17F3N6OS/c1-9(29-23)15(22)13-5-3-10-12(7-8-24-16(10)26-13)25-14-6-4-11(18(19,20)21)17(27-14)28-2/h3-8H,22-23H2,1-2H3,(H,24,25,26,27)/b15-9-. The van der Waals surface area contributed by atoms with Gasteiger partial charge in [-0.1, -0.05) is 11.9 Å². The molecule has 3 heterocycles. The van der Waals surface area contributed by atoms with Crippen molar-refractivity contribution in [3.05, 3.63) is 52.7 Å². The number of alkyl halides is 3. The third-order valence-electron chi connectivity index (χ3n) is 4.06. The van der Waals surface area contributed by atoms with Crippen molar-refractivity contribution in [2.45, 2.75) is 13.1 Å². The maximum absolute atomic E-state index is 13.0. The van der Waals surface area contributed by atoms with Crippen LogP contribution in [0.3, 0.4) is 0 Å². The van der Waals surface area contributed by atoms with Crippen LogP contribution in [-0.2, 0) is 6.18 Å². The Bertz CT molecular complexity index is 1090. The molecule has 3 aromatic heterocycles. The summed E-state index contributed by atoms with van der Waals surface area (Å²) in [6.45, 7) is 1.78. The van der Waals surface area contributed by atoms with Gasteiger partial charge in [0.15, 0.2) is 5.65 Å². The zero-order valence-corrected chi connectivity index (χ0v) is 16.2. The van der Waals surface area contributed by atoms with Gasteiger partial charge < -0.3 is 15.8 Å². The molecule has 0 atom stereocenters. The van der Waals surface area contributed by atoms with Crippen molar-refractivity contribution in [2.24, 2.45) is 10.9 Å². The molecular weight excluding hydrogens is 405 g/mol. The molecule has 0 aliphatic rings. The first-order valence-corrected chi connectivity index (χ1v) is 9.11. The monoisotopic (exact) mass is 422 g/mol. The fourth-order valence-electron chi connectivity index (χ4n) is 2.55. The number of allylic oxidation sites excluding steroid dienone is 1. The van der Waals surface area contributed by atoms with E-state index in [0.717, 1.165) is 25.1 Å². The molecular formula is C18H17F3N6OS. The van der Waals surface area contributed by atoms with Crippen molar-refractivity contribution in [3.8, 4) is 5.88 Å². The Hall–Kier alpha value is -3.05. The average Bonchev–Trinajstić information content (AvgIpc) is 2.71. The lowest BCUT2D eigenvalue weighted by Crippen LogP contribution is -2.09. The Kier molecular flexibility index (Phi) is 5.80. The summed E-state index contributed by atoms with van der Waals surface area (Å²) in [7, 11) is 1.13. The SMILES string of the molecule is COc1nc(Nc2ccnc3nc(/C(N)=C(\C)SN)ccc23)ccc1C(F)(F)F. The normalized spacial score (nSPS) is 12.6. The van der Waals surface area contributed by atoms with Crippen LogP contribution in [0.4, 0.5) is 24.7 Å². The molecule has 0 amide bonds. The number of ether oxygens (including phenoxy) is 1. The van der Waals surface area contributed by atoms with E-state index in [-0.39, 0.29) is 5.82 Å². The molecule has 0 spiro atoms. The summed E-state index contributed by atoms with van der Waals surface area (Å²) in [6, 6.07) is 7.27. The summed E-state index contributed by atoms with van der Waals surface area (Å²) in [6.07, 6.45) is -3.04. The van der Waals surface area contributed by atoms with Crippen molar-refractivity contribution in [1.29, 1.82) is 0 Å². The summed E-state index contributed by atoms with van der Waals surface area (Å²) < 4.78 is 43.8. The third-order valence-corrected chi connectivity index (χ3v) is 4.63. The minimum absolute atomic E-state index is 0.182. The van der Waals surface area contributed by atoms with Crippen LogP contribution >= 0.6 is 11.9 Å². The molecule has 0 unspecified atom stereocenters. The van der Waals surface area contributed by atoms with E-state index < -0.39 is 17.6 Å². The first-order valence-electron chi connectivity index (χ1n) is 8.23. The highest BCUT2D eigenvalue weighted by Gasteiger charge is 2.35. The van der Waals surface area contributed by atoms with Crippen LogP contribution in [0.15, 0.2) is 41.4 Å². The van der Waals surface area contributed by atoms with Gasteiger partial charge in [-0.15, -0.1) is 0 Å². The molecule has 0 aromatic carbocycles. The second-order valence-corrected chi connectivity index (χ2v) is 6.74. The number of rotatable bonds is 5. The second kappa shape index (κ2) is 8.13. The van der Waals surface area contributed by atoms with Gasteiger partial charge in [0.25, 0.3) is 0 Å². The van der Waals surface area contributed by atoms with Gasteiger partial charge in [-0.3, -0.25) is 5.14 Å². The molecule has 29 heavy (non-hydrogen) atoms. The lowest BCUT2D eigenvalue weighted by Gasteiger charge is -2.14. The van der Waals surface area contributed by atoms with E-state index in [1.165, 1.54) is 12.3 Å². The van der Waals surface area contributed by atoms with Crippen LogP contribution in [0, 0.1) is 0 Å². The first kappa shape index (κ1) is 20.7. The molecule has 0 aliphatic heterocycles. The van der Waals surface area contributed by atoms with E-state index in [0.29, 0.717) is 33.0 Å². The fourth-order valence-corrected chi connectivity index (χ4v) is 2.78. The molecule has 7 nitrogen and oxygen atoms in total. The van der Waals surface area contributed by atoms with Gasteiger partial charge in [0.1, 0.15) is 11.4 Å². The van der Waals surface area contributed by atoms with Gasteiger partial charge >= 0.3 is 6.18 Å². The number of hydrogen-bond donors (Lipinski definition) is 3. The van der Waals surface area contributed by atoms with Crippen LogP contribution in [0.25, 0.3) is 16.7 Å². The molecule has 0 fully saturated rings. The Morgan fingerprint density at radius 1 is 1.14 bits per heavy atom. The predicted octanol–water partition coefficient (Wildman–Crippen LogP) is 4.05. The van der Waals surface area contributed by atoms with Gasteiger partial charge in [-0.05, 0) is 37.3 Å². The van der Waals surface area contributed by atoms with E-state index >= 15 is 0 Å². The second-order valence-electron chi connectivity index (χ2n) is 5.89. The van der Waals surface area contributed by atoms with Gasteiger partial charge in [-0.2, -0.15) is 18.2 Å². The topological polar surface area (TPSA) is 112 Å². The predicted molar refractivity (Wildman–Crippen MR) is 107 cm³/mol. The van der Waals surface area contributed by atoms with Crippen molar-refractivity contribution in [2.75, 3.05) is 12.4 Å². The highest BCUT2D eigenvalue weighted by Crippen LogP contribution is 2.36. The van der Waals surface area contributed by atoms with E-state index in [4.69, 9.17) is 15.6 Å². The Morgan fingerprint density at radius 2 is 1.90 bits per heavy atom. The first-order chi connectivity index (χ1) is 13.7. The number of pyridine rings is 3. The molecule has 0 bridgehead atoms. The Labute approximate surface area is 168 Å². The van der Waals surface area contributed by atoms with Crippen LogP contribution < -0.4 is 20.9 Å². The number of halogens is 3. The number of nitrogens with two attached hydrogens (primary N) is 2. The highest BCUT2D eigenvalue weighted by molar-refractivity contribution is 8.01. The summed E-state index contributed by atoms with van der Waals surface area (Å²) in [5.74, 6) is -0.338. The Balaban J connectivity index is 1.99. The van der Waals surface area contributed by atoms with Crippen LogP contribution in [0.2, 0.25) is 0 Å². The summed E-state index contributed by atoms with van der Waals surface area (Å²) >= 11 is 1.03. The minimum atomic E-state index is -4.56. The molecule has 3 rings (SSSR count). The maximum Gasteiger partial charge on any atom is 0.421 e.